The van der Waals surface area contributed by atoms with Gasteiger partial charge in [0.2, 0.25) is 0 Å². The molecule has 0 radical (unpaired) electrons. The van der Waals surface area contributed by atoms with Crippen LogP contribution >= 0.6 is 39.1 Å². The number of benzene rings is 2. The van der Waals surface area contributed by atoms with Crippen LogP contribution in [0.4, 0.5) is 0 Å². The molecule has 0 spiro atoms. The van der Waals surface area contributed by atoms with Crippen molar-refractivity contribution in [2.45, 2.75) is 12.0 Å². The van der Waals surface area contributed by atoms with Gasteiger partial charge in [0.05, 0.1) is 11.1 Å². The van der Waals surface area contributed by atoms with E-state index in [0.717, 1.165) is 10.0 Å². The summed E-state index contributed by atoms with van der Waals surface area (Å²) in [5.41, 5.74) is 7.37. The summed E-state index contributed by atoms with van der Waals surface area (Å²) in [6.45, 7) is 0.290. The normalized spacial score (nSPS) is 14.1. The van der Waals surface area contributed by atoms with Crippen molar-refractivity contribution < 1.29 is 5.11 Å². The van der Waals surface area contributed by atoms with Crippen molar-refractivity contribution >= 4 is 39.1 Å². The maximum absolute atomic E-state index is 10.6. The molecule has 0 heterocycles. The van der Waals surface area contributed by atoms with Gasteiger partial charge in [-0.1, -0.05) is 47.5 Å². The minimum Gasteiger partial charge on any atom is -0.388 e. The number of rotatable bonds is 4. The van der Waals surface area contributed by atoms with Crippen LogP contribution in [-0.4, -0.2) is 11.7 Å². The van der Waals surface area contributed by atoms with Gasteiger partial charge in [0.25, 0.3) is 0 Å². The molecule has 0 aliphatic carbocycles. The van der Waals surface area contributed by atoms with Crippen molar-refractivity contribution in [2.24, 2.45) is 5.73 Å². The average molecular weight is 375 g/mol. The van der Waals surface area contributed by atoms with Gasteiger partial charge in [-0.2, -0.15) is 0 Å². The molecule has 0 amide bonds. The fourth-order valence-electron chi connectivity index (χ4n) is 2.13. The highest BCUT2D eigenvalue weighted by molar-refractivity contribution is 9.10. The molecule has 0 aromatic heterocycles. The summed E-state index contributed by atoms with van der Waals surface area (Å²) in [7, 11) is 0. The van der Waals surface area contributed by atoms with E-state index in [-0.39, 0.29) is 5.92 Å². The number of hydrogen-bond acceptors (Lipinski definition) is 2. The number of aliphatic hydroxyl groups excluding tert-OH is 1. The first-order valence-corrected chi connectivity index (χ1v) is 7.67. The molecule has 0 bridgehead atoms. The Balaban J connectivity index is 2.36. The number of halogens is 3. The standard InChI is InChI=1S/C15H14BrCl2NO/c16-12-6-5-9(7-14(12)18)15(20)11(8-19)10-3-1-2-4-13(10)17/h1-7,11,15,20H,8,19H2. The molecule has 5 heteroatoms. The fourth-order valence-corrected chi connectivity index (χ4v) is 2.84. The van der Waals surface area contributed by atoms with E-state index in [1.54, 1.807) is 18.2 Å². The number of aliphatic hydroxyl groups is 1. The lowest BCUT2D eigenvalue weighted by molar-refractivity contribution is 0.147. The molecule has 0 fully saturated rings. The second-order valence-corrected chi connectivity index (χ2v) is 6.15. The molecule has 3 N–H and O–H groups in total. The number of nitrogens with two attached hydrogens (primary N) is 1. The number of hydrogen-bond donors (Lipinski definition) is 2. The molecule has 2 aromatic rings. The molecule has 2 rings (SSSR count). The van der Waals surface area contributed by atoms with Gasteiger partial charge in [-0.25, -0.2) is 0 Å². The molecular formula is C15H14BrCl2NO. The Morgan fingerprint density at radius 3 is 2.40 bits per heavy atom. The third-order valence-electron chi connectivity index (χ3n) is 3.22. The van der Waals surface area contributed by atoms with Crippen LogP contribution in [0.3, 0.4) is 0 Å². The summed E-state index contributed by atoms with van der Waals surface area (Å²) in [6.07, 6.45) is -0.759. The lowest BCUT2D eigenvalue weighted by atomic mass is 9.89. The zero-order valence-corrected chi connectivity index (χ0v) is 13.7. The molecule has 2 aromatic carbocycles. The summed E-state index contributed by atoms with van der Waals surface area (Å²) < 4.78 is 0.789. The van der Waals surface area contributed by atoms with Gasteiger partial charge in [0.15, 0.2) is 0 Å². The van der Waals surface area contributed by atoms with Crippen LogP contribution in [0.5, 0.6) is 0 Å². The van der Waals surface area contributed by atoms with Gasteiger partial charge in [-0.15, -0.1) is 0 Å². The molecule has 0 aliphatic rings. The fraction of sp³-hybridized carbons (Fsp3) is 0.200. The van der Waals surface area contributed by atoms with Crippen molar-refractivity contribution in [2.75, 3.05) is 6.54 Å². The maximum atomic E-state index is 10.6. The highest BCUT2D eigenvalue weighted by Gasteiger charge is 2.23. The first kappa shape index (κ1) is 15.8. The van der Waals surface area contributed by atoms with E-state index in [4.69, 9.17) is 28.9 Å². The Morgan fingerprint density at radius 2 is 1.80 bits per heavy atom. The summed E-state index contributed by atoms with van der Waals surface area (Å²) in [4.78, 5) is 0. The summed E-state index contributed by atoms with van der Waals surface area (Å²) in [6, 6.07) is 12.8. The van der Waals surface area contributed by atoms with Crippen molar-refractivity contribution in [3.63, 3.8) is 0 Å². The van der Waals surface area contributed by atoms with Crippen LogP contribution in [0.2, 0.25) is 10.0 Å². The second kappa shape index (κ2) is 6.92. The highest BCUT2D eigenvalue weighted by Crippen LogP contribution is 2.36. The molecule has 0 saturated carbocycles. The van der Waals surface area contributed by atoms with Crippen LogP contribution in [-0.2, 0) is 0 Å². The van der Waals surface area contributed by atoms with Gasteiger partial charge in [-0.3, -0.25) is 0 Å². The monoisotopic (exact) mass is 373 g/mol. The summed E-state index contributed by atoms with van der Waals surface area (Å²) in [5.74, 6) is -0.277. The van der Waals surface area contributed by atoms with Gasteiger partial charge < -0.3 is 10.8 Å². The Bertz CT molecular complexity index is 606. The molecule has 2 atom stereocenters. The quantitative estimate of drug-likeness (QED) is 0.825. The van der Waals surface area contributed by atoms with Gasteiger partial charge in [-0.05, 0) is 45.3 Å². The lowest BCUT2D eigenvalue weighted by Gasteiger charge is -2.23. The first-order chi connectivity index (χ1) is 9.54. The van der Waals surface area contributed by atoms with Crippen LogP contribution < -0.4 is 5.73 Å². The van der Waals surface area contributed by atoms with E-state index < -0.39 is 6.10 Å². The molecule has 0 saturated heterocycles. The van der Waals surface area contributed by atoms with Crippen molar-refractivity contribution in [3.8, 4) is 0 Å². The van der Waals surface area contributed by atoms with E-state index in [2.05, 4.69) is 15.9 Å². The minimum atomic E-state index is -0.759. The van der Waals surface area contributed by atoms with E-state index in [1.165, 1.54) is 0 Å². The predicted molar refractivity (Wildman–Crippen MR) is 87.4 cm³/mol. The molecule has 2 unspecified atom stereocenters. The zero-order chi connectivity index (χ0) is 14.7. The van der Waals surface area contributed by atoms with Gasteiger partial charge >= 0.3 is 0 Å². The largest absolute Gasteiger partial charge is 0.388 e. The molecular weight excluding hydrogens is 361 g/mol. The minimum absolute atomic E-state index is 0.277. The third kappa shape index (κ3) is 3.35. The smallest absolute Gasteiger partial charge is 0.0871 e. The Hall–Kier alpha value is -0.580. The van der Waals surface area contributed by atoms with Gasteiger partial charge in [0.1, 0.15) is 0 Å². The van der Waals surface area contributed by atoms with Gasteiger partial charge in [0, 0.05) is 22.0 Å². The van der Waals surface area contributed by atoms with E-state index >= 15 is 0 Å². The second-order valence-electron chi connectivity index (χ2n) is 4.48. The van der Waals surface area contributed by atoms with Crippen LogP contribution in [0.1, 0.15) is 23.1 Å². The Kier molecular flexibility index (Phi) is 5.47. The Morgan fingerprint density at radius 1 is 1.10 bits per heavy atom. The molecule has 0 aliphatic heterocycles. The summed E-state index contributed by atoms with van der Waals surface area (Å²) in [5, 5.41) is 11.7. The predicted octanol–water partition coefficient (Wildman–Crippen LogP) is 4.53. The maximum Gasteiger partial charge on any atom is 0.0871 e. The van der Waals surface area contributed by atoms with E-state index in [1.807, 2.05) is 24.3 Å². The zero-order valence-electron chi connectivity index (χ0n) is 10.6. The average Bonchev–Trinajstić information content (AvgIpc) is 2.44. The van der Waals surface area contributed by atoms with Crippen molar-refractivity contribution in [3.05, 3.63) is 68.1 Å². The van der Waals surface area contributed by atoms with Crippen LogP contribution in [0, 0.1) is 0 Å². The molecule has 2 nitrogen and oxygen atoms in total. The SMILES string of the molecule is NCC(c1ccccc1Cl)C(O)c1ccc(Br)c(Cl)c1. The van der Waals surface area contributed by atoms with Crippen LogP contribution in [0.15, 0.2) is 46.9 Å². The molecule has 106 valence electrons. The third-order valence-corrected chi connectivity index (χ3v) is 4.80. The molecule has 20 heavy (non-hydrogen) atoms. The Labute approximate surface area is 136 Å². The van der Waals surface area contributed by atoms with Crippen molar-refractivity contribution in [1.29, 1.82) is 0 Å². The van der Waals surface area contributed by atoms with Crippen LogP contribution in [0.25, 0.3) is 0 Å². The van der Waals surface area contributed by atoms with E-state index in [0.29, 0.717) is 22.2 Å². The lowest BCUT2D eigenvalue weighted by Crippen LogP contribution is -2.20. The van der Waals surface area contributed by atoms with E-state index in [9.17, 15) is 5.11 Å². The highest BCUT2D eigenvalue weighted by atomic mass is 79.9. The van der Waals surface area contributed by atoms with Crippen molar-refractivity contribution in [1.82, 2.24) is 0 Å². The first-order valence-electron chi connectivity index (χ1n) is 6.12. The topological polar surface area (TPSA) is 46.2 Å². The summed E-state index contributed by atoms with van der Waals surface area (Å²) >= 11 is 15.6.